The number of aromatic nitrogens is 1. The predicted octanol–water partition coefficient (Wildman–Crippen LogP) is 4.25. The number of rotatable bonds is 2. The highest BCUT2D eigenvalue weighted by Crippen LogP contribution is 2.38. The number of benzene rings is 1. The SMILES string of the molecule is Cc1ccoc1-c1onc(N)c1-c1ccc(Br)cc1. The number of hydrogen-bond acceptors (Lipinski definition) is 4. The van der Waals surface area contributed by atoms with Crippen molar-refractivity contribution in [2.75, 3.05) is 5.73 Å². The van der Waals surface area contributed by atoms with Gasteiger partial charge >= 0.3 is 0 Å². The molecule has 2 heterocycles. The Kier molecular flexibility index (Phi) is 2.91. The van der Waals surface area contributed by atoms with Crippen LogP contribution in [0.3, 0.4) is 0 Å². The molecule has 0 aliphatic carbocycles. The van der Waals surface area contributed by atoms with Gasteiger partial charge in [-0.3, -0.25) is 0 Å². The molecule has 2 aromatic heterocycles. The molecule has 0 atom stereocenters. The van der Waals surface area contributed by atoms with Crippen LogP contribution in [0.1, 0.15) is 5.56 Å². The summed E-state index contributed by atoms with van der Waals surface area (Å²) in [4.78, 5) is 0. The van der Waals surface area contributed by atoms with Crippen molar-refractivity contribution in [1.29, 1.82) is 0 Å². The van der Waals surface area contributed by atoms with Crippen molar-refractivity contribution in [2.45, 2.75) is 6.92 Å². The standard InChI is InChI=1S/C14H11BrN2O2/c1-8-6-7-18-12(8)13-11(14(16)17-19-13)9-2-4-10(15)5-3-9/h2-7H,1H3,(H2,16,17). The molecule has 0 aliphatic rings. The number of furan rings is 1. The van der Waals surface area contributed by atoms with Gasteiger partial charge in [0.25, 0.3) is 0 Å². The zero-order valence-electron chi connectivity index (χ0n) is 10.2. The number of aryl methyl sites for hydroxylation is 1. The largest absolute Gasteiger partial charge is 0.461 e. The fraction of sp³-hybridized carbons (Fsp3) is 0.0714. The van der Waals surface area contributed by atoms with E-state index in [9.17, 15) is 0 Å². The second kappa shape index (κ2) is 4.59. The second-order valence-electron chi connectivity index (χ2n) is 4.21. The van der Waals surface area contributed by atoms with E-state index in [4.69, 9.17) is 14.7 Å². The molecule has 0 unspecified atom stereocenters. The van der Waals surface area contributed by atoms with Crippen molar-refractivity contribution in [3.63, 3.8) is 0 Å². The Morgan fingerprint density at radius 3 is 2.47 bits per heavy atom. The third-order valence-corrected chi connectivity index (χ3v) is 3.45. The molecule has 19 heavy (non-hydrogen) atoms. The number of nitrogen functional groups attached to an aromatic ring is 1. The van der Waals surface area contributed by atoms with Gasteiger partial charge in [0.2, 0.25) is 5.76 Å². The van der Waals surface area contributed by atoms with Crippen molar-refractivity contribution in [3.05, 3.63) is 46.6 Å². The molecule has 3 aromatic rings. The minimum absolute atomic E-state index is 0.355. The molecule has 0 saturated heterocycles. The lowest BCUT2D eigenvalue weighted by Crippen LogP contribution is -1.88. The third kappa shape index (κ3) is 2.06. The summed E-state index contributed by atoms with van der Waals surface area (Å²) in [7, 11) is 0. The van der Waals surface area contributed by atoms with Gasteiger partial charge in [0.15, 0.2) is 11.6 Å². The summed E-state index contributed by atoms with van der Waals surface area (Å²) < 4.78 is 11.8. The number of halogens is 1. The molecule has 0 bridgehead atoms. The summed E-state index contributed by atoms with van der Waals surface area (Å²) in [6, 6.07) is 9.67. The molecule has 5 heteroatoms. The van der Waals surface area contributed by atoms with Crippen LogP contribution in [0.4, 0.5) is 5.82 Å². The molecule has 0 aliphatic heterocycles. The van der Waals surface area contributed by atoms with Crippen molar-refractivity contribution in [3.8, 4) is 22.6 Å². The van der Waals surface area contributed by atoms with Crippen LogP contribution in [0, 0.1) is 6.92 Å². The van der Waals surface area contributed by atoms with E-state index in [-0.39, 0.29) is 0 Å². The van der Waals surface area contributed by atoms with E-state index in [0.29, 0.717) is 17.3 Å². The second-order valence-corrected chi connectivity index (χ2v) is 5.13. The third-order valence-electron chi connectivity index (χ3n) is 2.92. The van der Waals surface area contributed by atoms with Gasteiger partial charge in [-0.15, -0.1) is 0 Å². The molecule has 0 fully saturated rings. The Bertz CT molecular complexity index is 713. The predicted molar refractivity (Wildman–Crippen MR) is 76.5 cm³/mol. The first-order valence-electron chi connectivity index (χ1n) is 5.72. The van der Waals surface area contributed by atoms with Crippen LogP contribution >= 0.6 is 15.9 Å². The highest BCUT2D eigenvalue weighted by molar-refractivity contribution is 9.10. The van der Waals surface area contributed by atoms with Gasteiger partial charge in [0.05, 0.1) is 11.8 Å². The maximum atomic E-state index is 5.91. The van der Waals surface area contributed by atoms with E-state index in [1.807, 2.05) is 37.3 Å². The summed E-state index contributed by atoms with van der Waals surface area (Å²) in [6.45, 7) is 1.95. The summed E-state index contributed by atoms with van der Waals surface area (Å²) in [5.74, 6) is 1.57. The average Bonchev–Trinajstić information content (AvgIpc) is 2.97. The average molecular weight is 319 g/mol. The van der Waals surface area contributed by atoms with Crippen LogP contribution in [0.5, 0.6) is 0 Å². The van der Waals surface area contributed by atoms with E-state index in [2.05, 4.69) is 21.1 Å². The Hall–Kier alpha value is -2.01. The van der Waals surface area contributed by atoms with E-state index in [0.717, 1.165) is 21.2 Å². The monoisotopic (exact) mass is 318 g/mol. The van der Waals surface area contributed by atoms with Crippen molar-refractivity contribution in [1.82, 2.24) is 5.16 Å². The van der Waals surface area contributed by atoms with Crippen molar-refractivity contribution in [2.24, 2.45) is 0 Å². The van der Waals surface area contributed by atoms with Gasteiger partial charge < -0.3 is 14.7 Å². The van der Waals surface area contributed by atoms with Gasteiger partial charge in [0, 0.05) is 4.47 Å². The topological polar surface area (TPSA) is 65.2 Å². The van der Waals surface area contributed by atoms with Gasteiger partial charge in [0.1, 0.15) is 0 Å². The Morgan fingerprint density at radius 2 is 1.84 bits per heavy atom. The highest BCUT2D eigenvalue weighted by atomic mass is 79.9. The minimum Gasteiger partial charge on any atom is -0.461 e. The first-order chi connectivity index (χ1) is 9.16. The van der Waals surface area contributed by atoms with E-state index < -0.39 is 0 Å². The zero-order valence-corrected chi connectivity index (χ0v) is 11.8. The molecular formula is C14H11BrN2O2. The number of anilines is 1. The Labute approximate surface area is 118 Å². The normalized spacial score (nSPS) is 10.8. The van der Waals surface area contributed by atoms with Crippen LogP contribution in [0.15, 0.2) is 50.0 Å². The fourth-order valence-electron chi connectivity index (χ4n) is 1.96. The minimum atomic E-state index is 0.355. The summed E-state index contributed by atoms with van der Waals surface area (Å²) in [5, 5.41) is 3.84. The Morgan fingerprint density at radius 1 is 1.11 bits per heavy atom. The fourth-order valence-corrected chi connectivity index (χ4v) is 2.22. The van der Waals surface area contributed by atoms with Crippen LogP contribution in [-0.4, -0.2) is 5.16 Å². The molecule has 96 valence electrons. The van der Waals surface area contributed by atoms with Crippen LogP contribution < -0.4 is 5.73 Å². The van der Waals surface area contributed by atoms with E-state index in [1.54, 1.807) is 6.26 Å². The summed E-state index contributed by atoms with van der Waals surface area (Å²) in [6.07, 6.45) is 1.62. The van der Waals surface area contributed by atoms with Gasteiger partial charge in [-0.2, -0.15) is 0 Å². The summed E-state index contributed by atoms with van der Waals surface area (Å²) in [5.41, 5.74) is 8.58. The first kappa shape index (κ1) is 12.0. The molecule has 0 amide bonds. The van der Waals surface area contributed by atoms with Gasteiger partial charge in [-0.05, 0) is 36.2 Å². The zero-order chi connectivity index (χ0) is 13.4. The Balaban J connectivity index is 2.19. The lowest BCUT2D eigenvalue weighted by molar-refractivity contribution is 0.421. The van der Waals surface area contributed by atoms with E-state index in [1.165, 1.54) is 0 Å². The molecule has 0 saturated carbocycles. The molecule has 2 N–H and O–H groups in total. The lowest BCUT2D eigenvalue weighted by atomic mass is 10.0. The molecule has 0 spiro atoms. The smallest absolute Gasteiger partial charge is 0.212 e. The first-order valence-corrected chi connectivity index (χ1v) is 6.51. The number of nitrogens with zero attached hydrogens (tertiary/aromatic N) is 1. The van der Waals surface area contributed by atoms with Gasteiger partial charge in [-0.25, -0.2) is 0 Å². The van der Waals surface area contributed by atoms with Crippen LogP contribution in [-0.2, 0) is 0 Å². The van der Waals surface area contributed by atoms with Crippen molar-refractivity contribution < 1.29 is 8.94 Å². The maximum absolute atomic E-state index is 5.91. The summed E-state index contributed by atoms with van der Waals surface area (Å²) >= 11 is 3.41. The maximum Gasteiger partial charge on any atom is 0.212 e. The van der Waals surface area contributed by atoms with Gasteiger partial charge in [-0.1, -0.05) is 33.2 Å². The van der Waals surface area contributed by atoms with Crippen molar-refractivity contribution >= 4 is 21.7 Å². The molecule has 3 rings (SSSR count). The highest BCUT2D eigenvalue weighted by Gasteiger charge is 2.21. The molecule has 4 nitrogen and oxygen atoms in total. The molecular weight excluding hydrogens is 308 g/mol. The van der Waals surface area contributed by atoms with Crippen LogP contribution in [0.25, 0.3) is 22.6 Å². The molecule has 0 radical (unpaired) electrons. The quantitative estimate of drug-likeness (QED) is 0.766. The number of nitrogens with two attached hydrogens (primary N) is 1. The lowest BCUT2D eigenvalue weighted by Gasteiger charge is -2.02. The van der Waals surface area contributed by atoms with E-state index >= 15 is 0 Å². The number of hydrogen-bond donors (Lipinski definition) is 1. The van der Waals surface area contributed by atoms with Crippen LogP contribution in [0.2, 0.25) is 0 Å². The molecule has 1 aromatic carbocycles.